The Bertz CT molecular complexity index is 680. The zero-order valence-corrected chi connectivity index (χ0v) is 14.8. The molecule has 2 fully saturated rings. The lowest BCUT2D eigenvalue weighted by Crippen LogP contribution is -2.44. The van der Waals surface area contributed by atoms with Crippen LogP contribution in [0.3, 0.4) is 0 Å². The first-order chi connectivity index (χ1) is 12.2. The van der Waals surface area contributed by atoms with Crippen LogP contribution >= 0.6 is 0 Å². The van der Waals surface area contributed by atoms with E-state index in [2.05, 4.69) is 32.5 Å². The molecule has 6 heteroatoms. The van der Waals surface area contributed by atoms with Gasteiger partial charge in [-0.15, -0.1) is 0 Å². The number of imidazole rings is 1. The summed E-state index contributed by atoms with van der Waals surface area (Å²) in [6.07, 6.45) is 10.8. The molecular formula is C19H26N4O2. The summed E-state index contributed by atoms with van der Waals surface area (Å²) in [5, 5.41) is 0. The van der Waals surface area contributed by atoms with E-state index in [9.17, 15) is 0 Å². The minimum absolute atomic E-state index is 0.0164. The van der Waals surface area contributed by atoms with Crippen molar-refractivity contribution in [1.29, 1.82) is 0 Å². The van der Waals surface area contributed by atoms with Gasteiger partial charge in [-0.05, 0) is 24.5 Å². The first-order valence-corrected chi connectivity index (χ1v) is 9.04. The third kappa shape index (κ3) is 3.92. The average Bonchev–Trinajstić information content (AvgIpc) is 3.23. The predicted octanol–water partition coefficient (Wildman–Crippen LogP) is 2.16. The fourth-order valence-corrected chi connectivity index (χ4v) is 3.84. The zero-order valence-electron chi connectivity index (χ0n) is 14.8. The fraction of sp³-hybridized carbons (Fsp3) is 0.579. The number of hydrogen-bond acceptors (Lipinski definition) is 5. The van der Waals surface area contributed by atoms with Gasteiger partial charge in [0.15, 0.2) is 0 Å². The predicted molar refractivity (Wildman–Crippen MR) is 93.8 cm³/mol. The molecule has 4 rings (SSSR count). The standard InChI is InChI=1S/C19H26N4O2/c1-22-15-21-11-17(22)12-23-7-4-19(5-8-23)9-18(14-25-19)24-13-16-3-2-6-20-10-16/h2-3,6,10-11,15,18H,4-5,7-9,12-14H2,1H3. The highest BCUT2D eigenvalue weighted by Crippen LogP contribution is 2.37. The Morgan fingerprint density at radius 1 is 1.28 bits per heavy atom. The van der Waals surface area contributed by atoms with Crippen LogP contribution in [0, 0.1) is 0 Å². The van der Waals surface area contributed by atoms with Crippen molar-refractivity contribution in [2.45, 2.75) is 44.1 Å². The first kappa shape index (κ1) is 16.7. The lowest BCUT2D eigenvalue weighted by molar-refractivity contribution is -0.0471. The Morgan fingerprint density at radius 2 is 2.16 bits per heavy atom. The summed E-state index contributed by atoms with van der Waals surface area (Å²) in [5.74, 6) is 0. The molecule has 0 radical (unpaired) electrons. The molecule has 2 saturated heterocycles. The highest BCUT2D eigenvalue weighted by atomic mass is 16.6. The van der Waals surface area contributed by atoms with Gasteiger partial charge in [-0.25, -0.2) is 4.98 Å². The Kier molecular flexibility index (Phi) is 4.83. The maximum absolute atomic E-state index is 6.20. The minimum Gasteiger partial charge on any atom is -0.372 e. The Hall–Kier alpha value is -1.76. The molecule has 0 amide bonds. The van der Waals surface area contributed by atoms with Gasteiger partial charge < -0.3 is 14.0 Å². The summed E-state index contributed by atoms with van der Waals surface area (Å²) >= 11 is 0. The average molecular weight is 342 g/mol. The van der Waals surface area contributed by atoms with Gasteiger partial charge in [-0.3, -0.25) is 9.88 Å². The van der Waals surface area contributed by atoms with Crippen molar-refractivity contribution in [3.63, 3.8) is 0 Å². The quantitative estimate of drug-likeness (QED) is 0.833. The molecule has 2 aliphatic rings. The molecule has 0 aliphatic carbocycles. The number of likely N-dealkylation sites (tertiary alicyclic amines) is 1. The zero-order chi connectivity index (χ0) is 17.1. The Labute approximate surface area is 148 Å². The number of ether oxygens (including phenoxy) is 2. The van der Waals surface area contributed by atoms with Crippen LogP contribution in [0.4, 0.5) is 0 Å². The molecule has 0 saturated carbocycles. The van der Waals surface area contributed by atoms with Gasteiger partial charge in [-0.2, -0.15) is 0 Å². The number of pyridine rings is 1. The summed E-state index contributed by atoms with van der Waals surface area (Å²) in [4.78, 5) is 10.8. The van der Waals surface area contributed by atoms with Crippen molar-refractivity contribution in [3.8, 4) is 0 Å². The summed E-state index contributed by atoms with van der Waals surface area (Å²) in [6, 6.07) is 4.00. The van der Waals surface area contributed by atoms with Gasteiger partial charge in [0.2, 0.25) is 0 Å². The second-order valence-corrected chi connectivity index (χ2v) is 7.26. The van der Waals surface area contributed by atoms with Crippen molar-refractivity contribution in [1.82, 2.24) is 19.4 Å². The fourth-order valence-electron chi connectivity index (χ4n) is 3.84. The maximum Gasteiger partial charge on any atom is 0.0945 e. The van der Waals surface area contributed by atoms with Gasteiger partial charge in [0.25, 0.3) is 0 Å². The van der Waals surface area contributed by atoms with E-state index in [4.69, 9.17) is 9.47 Å². The van der Waals surface area contributed by atoms with E-state index in [-0.39, 0.29) is 11.7 Å². The van der Waals surface area contributed by atoms with Crippen LogP contribution < -0.4 is 0 Å². The summed E-state index contributed by atoms with van der Waals surface area (Å²) in [5.41, 5.74) is 2.40. The molecule has 134 valence electrons. The summed E-state index contributed by atoms with van der Waals surface area (Å²) in [7, 11) is 2.05. The van der Waals surface area contributed by atoms with E-state index in [1.54, 1.807) is 6.20 Å². The number of rotatable bonds is 5. The van der Waals surface area contributed by atoms with E-state index in [1.807, 2.05) is 24.8 Å². The van der Waals surface area contributed by atoms with Crippen LogP contribution in [-0.2, 0) is 29.7 Å². The molecule has 2 aromatic rings. The van der Waals surface area contributed by atoms with E-state index < -0.39 is 0 Å². The SMILES string of the molecule is Cn1cncc1CN1CCC2(CC1)CC(OCc1cccnc1)CO2. The number of piperidine rings is 1. The topological polar surface area (TPSA) is 52.4 Å². The molecule has 2 aromatic heterocycles. The largest absolute Gasteiger partial charge is 0.372 e. The molecule has 25 heavy (non-hydrogen) atoms. The Balaban J connectivity index is 1.25. The van der Waals surface area contributed by atoms with Gasteiger partial charge in [-0.1, -0.05) is 6.07 Å². The lowest BCUT2D eigenvalue weighted by Gasteiger charge is -2.38. The molecule has 0 N–H and O–H groups in total. The number of hydrogen-bond donors (Lipinski definition) is 0. The molecule has 1 spiro atoms. The minimum atomic E-state index is 0.0164. The van der Waals surface area contributed by atoms with Crippen LogP contribution in [-0.4, -0.2) is 50.8 Å². The van der Waals surface area contributed by atoms with Crippen LogP contribution in [0.5, 0.6) is 0 Å². The van der Waals surface area contributed by atoms with Crippen LogP contribution in [0.25, 0.3) is 0 Å². The van der Waals surface area contributed by atoms with E-state index in [0.717, 1.165) is 44.5 Å². The lowest BCUT2D eigenvalue weighted by atomic mass is 9.88. The highest BCUT2D eigenvalue weighted by molar-refractivity contribution is 5.07. The van der Waals surface area contributed by atoms with Crippen molar-refractivity contribution in [2.24, 2.45) is 7.05 Å². The number of aromatic nitrogens is 3. The normalized spacial score (nSPS) is 23.3. The van der Waals surface area contributed by atoms with Gasteiger partial charge in [0.05, 0.1) is 36.9 Å². The molecule has 4 heterocycles. The highest BCUT2D eigenvalue weighted by Gasteiger charge is 2.43. The maximum atomic E-state index is 6.20. The molecule has 1 atom stereocenters. The van der Waals surface area contributed by atoms with Crippen molar-refractivity contribution in [3.05, 3.63) is 48.3 Å². The first-order valence-electron chi connectivity index (χ1n) is 9.04. The summed E-state index contributed by atoms with van der Waals surface area (Å²) in [6.45, 7) is 4.43. The van der Waals surface area contributed by atoms with Gasteiger partial charge in [0.1, 0.15) is 0 Å². The second kappa shape index (κ2) is 7.23. The van der Waals surface area contributed by atoms with Gasteiger partial charge >= 0.3 is 0 Å². The molecular weight excluding hydrogens is 316 g/mol. The van der Waals surface area contributed by atoms with Crippen LogP contribution in [0.15, 0.2) is 37.1 Å². The third-order valence-corrected chi connectivity index (χ3v) is 5.45. The van der Waals surface area contributed by atoms with E-state index in [0.29, 0.717) is 13.2 Å². The smallest absolute Gasteiger partial charge is 0.0945 e. The molecule has 0 aromatic carbocycles. The molecule has 1 unspecified atom stereocenters. The third-order valence-electron chi connectivity index (χ3n) is 5.45. The number of nitrogens with zero attached hydrogens (tertiary/aromatic N) is 4. The van der Waals surface area contributed by atoms with Crippen molar-refractivity contribution >= 4 is 0 Å². The molecule has 2 aliphatic heterocycles. The Morgan fingerprint density at radius 3 is 2.88 bits per heavy atom. The number of aryl methyl sites for hydroxylation is 1. The molecule has 0 bridgehead atoms. The van der Waals surface area contributed by atoms with Crippen LogP contribution in [0.1, 0.15) is 30.5 Å². The van der Waals surface area contributed by atoms with Crippen LogP contribution in [0.2, 0.25) is 0 Å². The second-order valence-electron chi connectivity index (χ2n) is 7.26. The monoisotopic (exact) mass is 342 g/mol. The van der Waals surface area contributed by atoms with E-state index in [1.165, 1.54) is 5.69 Å². The molecule has 6 nitrogen and oxygen atoms in total. The summed E-state index contributed by atoms with van der Waals surface area (Å²) < 4.78 is 14.4. The van der Waals surface area contributed by atoms with Crippen molar-refractivity contribution < 1.29 is 9.47 Å². The van der Waals surface area contributed by atoms with Crippen molar-refractivity contribution in [2.75, 3.05) is 19.7 Å². The van der Waals surface area contributed by atoms with E-state index >= 15 is 0 Å². The van der Waals surface area contributed by atoms with Gasteiger partial charge in [0, 0.05) is 51.7 Å².